The summed E-state index contributed by atoms with van der Waals surface area (Å²) in [4.78, 5) is 0. The van der Waals surface area contributed by atoms with Crippen LogP contribution in [0.5, 0.6) is 0 Å². The monoisotopic (exact) mass is 239 g/mol. The highest BCUT2D eigenvalue weighted by molar-refractivity contribution is 7.71. The van der Waals surface area contributed by atoms with Crippen LogP contribution >= 0.6 is 12.2 Å². The molecule has 90 valence electrons. The lowest BCUT2D eigenvalue weighted by atomic mass is 9.95. The van der Waals surface area contributed by atoms with Crippen molar-refractivity contribution in [3.63, 3.8) is 0 Å². The number of aromatic amines is 1. The summed E-state index contributed by atoms with van der Waals surface area (Å²) < 4.78 is 3.05. The van der Waals surface area contributed by atoms with Gasteiger partial charge in [0.1, 0.15) is 5.82 Å². The van der Waals surface area contributed by atoms with Crippen molar-refractivity contribution in [1.82, 2.24) is 14.8 Å². The third-order valence-electron chi connectivity index (χ3n) is 3.81. The molecule has 0 aliphatic heterocycles. The summed E-state index contributed by atoms with van der Waals surface area (Å²) in [7, 11) is 0. The van der Waals surface area contributed by atoms with Crippen LogP contribution in [0.1, 0.15) is 64.2 Å². The van der Waals surface area contributed by atoms with Crippen LogP contribution in [-0.4, -0.2) is 14.8 Å². The second-order valence-corrected chi connectivity index (χ2v) is 5.24. The van der Waals surface area contributed by atoms with Crippen LogP contribution in [0.15, 0.2) is 0 Å². The molecule has 1 heterocycles. The van der Waals surface area contributed by atoms with Crippen molar-refractivity contribution in [1.29, 1.82) is 0 Å². The normalized spacial score (nSPS) is 18.0. The quantitative estimate of drug-likeness (QED) is 0.793. The summed E-state index contributed by atoms with van der Waals surface area (Å²) in [5.41, 5.74) is 0. The highest BCUT2D eigenvalue weighted by Gasteiger charge is 2.31. The lowest BCUT2D eigenvalue weighted by Gasteiger charge is -2.23. The molecule has 2 rings (SSSR count). The Kier molecular flexibility index (Phi) is 3.47. The molecule has 0 spiro atoms. The van der Waals surface area contributed by atoms with E-state index in [-0.39, 0.29) is 0 Å². The highest BCUT2D eigenvalue weighted by Crippen LogP contribution is 2.40. The summed E-state index contributed by atoms with van der Waals surface area (Å²) >= 11 is 5.36. The summed E-state index contributed by atoms with van der Waals surface area (Å²) in [6.07, 6.45) is 4.95. The van der Waals surface area contributed by atoms with E-state index in [0.29, 0.717) is 17.9 Å². The van der Waals surface area contributed by atoms with E-state index in [1.165, 1.54) is 31.5 Å². The van der Waals surface area contributed by atoms with Gasteiger partial charge in [0.2, 0.25) is 0 Å². The maximum absolute atomic E-state index is 5.36. The molecule has 1 aliphatic rings. The van der Waals surface area contributed by atoms with Crippen molar-refractivity contribution in [2.45, 2.75) is 58.4 Å². The van der Waals surface area contributed by atoms with E-state index >= 15 is 0 Å². The number of hydrogen-bond acceptors (Lipinski definition) is 2. The fraction of sp³-hybridized carbons (Fsp3) is 0.833. The lowest BCUT2D eigenvalue weighted by molar-refractivity contribution is 0.323. The molecule has 1 unspecified atom stereocenters. The molecule has 4 heteroatoms. The Hall–Kier alpha value is -0.640. The summed E-state index contributed by atoms with van der Waals surface area (Å²) in [6.45, 7) is 6.78. The van der Waals surface area contributed by atoms with E-state index in [2.05, 4.69) is 35.5 Å². The van der Waals surface area contributed by atoms with Gasteiger partial charge in [-0.05, 0) is 37.9 Å². The first-order valence-electron chi connectivity index (χ1n) is 6.35. The van der Waals surface area contributed by atoms with Gasteiger partial charge in [0, 0.05) is 12.0 Å². The van der Waals surface area contributed by atoms with Crippen LogP contribution in [0, 0.1) is 10.7 Å². The second-order valence-electron chi connectivity index (χ2n) is 4.85. The van der Waals surface area contributed by atoms with Crippen LogP contribution in [0.25, 0.3) is 0 Å². The summed E-state index contributed by atoms with van der Waals surface area (Å²) in [6, 6.07) is 0.469. The molecule has 1 atom stereocenters. The van der Waals surface area contributed by atoms with Crippen molar-refractivity contribution in [2.24, 2.45) is 5.92 Å². The Labute approximate surface area is 102 Å². The third-order valence-corrected chi connectivity index (χ3v) is 4.10. The van der Waals surface area contributed by atoms with Gasteiger partial charge in [-0.25, -0.2) is 0 Å². The van der Waals surface area contributed by atoms with Crippen LogP contribution in [-0.2, 0) is 0 Å². The molecule has 1 aromatic heterocycles. The van der Waals surface area contributed by atoms with E-state index in [9.17, 15) is 0 Å². The predicted molar refractivity (Wildman–Crippen MR) is 68.2 cm³/mol. The Bertz CT molecular complexity index is 399. The maximum atomic E-state index is 5.36. The number of H-pyrrole nitrogens is 1. The highest BCUT2D eigenvalue weighted by atomic mass is 32.1. The van der Waals surface area contributed by atoms with E-state index in [1.807, 2.05) is 0 Å². The van der Waals surface area contributed by atoms with Crippen molar-refractivity contribution < 1.29 is 0 Å². The average Bonchev–Trinajstić information content (AvgIpc) is 3.04. The standard InChI is InChI=1S/C12H21N3S/c1-4-9(5-2)8(3)15-11(10-6-7-10)13-14-12(15)16/h8-10H,4-7H2,1-3H3,(H,14,16). The topological polar surface area (TPSA) is 33.6 Å². The first-order valence-corrected chi connectivity index (χ1v) is 6.76. The SMILES string of the molecule is CCC(CC)C(C)n1c(C2CC2)n[nH]c1=S. The number of nitrogens with zero attached hydrogens (tertiary/aromatic N) is 2. The Morgan fingerprint density at radius 3 is 2.56 bits per heavy atom. The number of nitrogens with one attached hydrogen (secondary N) is 1. The van der Waals surface area contributed by atoms with Crippen LogP contribution in [0.3, 0.4) is 0 Å². The molecule has 0 aromatic carbocycles. The van der Waals surface area contributed by atoms with Gasteiger partial charge in [-0.2, -0.15) is 5.10 Å². The van der Waals surface area contributed by atoms with Crippen LogP contribution < -0.4 is 0 Å². The predicted octanol–water partition coefficient (Wildman–Crippen LogP) is 3.82. The second kappa shape index (κ2) is 4.70. The molecule has 0 radical (unpaired) electrons. The fourth-order valence-corrected chi connectivity index (χ4v) is 2.83. The molecule has 16 heavy (non-hydrogen) atoms. The molecular formula is C12H21N3S. The average molecular weight is 239 g/mol. The third kappa shape index (κ3) is 2.08. The number of hydrogen-bond donors (Lipinski definition) is 1. The minimum atomic E-state index is 0.469. The van der Waals surface area contributed by atoms with Crippen LogP contribution in [0.4, 0.5) is 0 Å². The minimum Gasteiger partial charge on any atom is -0.301 e. The zero-order valence-corrected chi connectivity index (χ0v) is 11.2. The Balaban J connectivity index is 2.30. The fourth-order valence-electron chi connectivity index (χ4n) is 2.52. The van der Waals surface area contributed by atoms with Crippen LogP contribution in [0.2, 0.25) is 0 Å². The van der Waals surface area contributed by atoms with E-state index in [4.69, 9.17) is 12.2 Å². The van der Waals surface area contributed by atoms with Crippen molar-refractivity contribution in [3.8, 4) is 0 Å². The Morgan fingerprint density at radius 1 is 1.44 bits per heavy atom. The zero-order chi connectivity index (χ0) is 11.7. The van der Waals surface area contributed by atoms with E-state index < -0.39 is 0 Å². The lowest BCUT2D eigenvalue weighted by Crippen LogP contribution is -2.17. The molecular weight excluding hydrogens is 218 g/mol. The van der Waals surface area contributed by atoms with Gasteiger partial charge >= 0.3 is 0 Å². The zero-order valence-electron chi connectivity index (χ0n) is 10.4. The van der Waals surface area contributed by atoms with Crippen molar-refractivity contribution in [2.75, 3.05) is 0 Å². The van der Waals surface area contributed by atoms with E-state index in [1.54, 1.807) is 0 Å². The van der Waals surface area contributed by atoms with Gasteiger partial charge in [-0.3, -0.25) is 5.10 Å². The van der Waals surface area contributed by atoms with E-state index in [0.717, 1.165) is 4.77 Å². The molecule has 1 aromatic rings. The summed E-state index contributed by atoms with van der Waals surface area (Å²) in [5.74, 6) is 2.54. The van der Waals surface area contributed by atoms with Gasteiger partial charge in [0.05, 0.1) is 0 Å². The number of rotatable bonds is 5. The minimum absolute atomic E-state index is 0.469. The van der Waals surface area contributed by atoms with Gasteiger partial charge in [-0.15, -0.1) is 0 Å². The van der Waals surface area contributed by atoms with Gasteiger partial charge in [-0.1, -0.05) is 26.7 Å². The summed E-state index contributed by atoms with van der Waals surface area (Å²) in [5, 5.41) is 7.35. The Morgan fingerprint density at radius 2 is 2.06 bits per heavy atom. The molecule has 1 aliphatic carbocycles. The molecule has 0 bridgehead atoms. The van der Waals surface area contributed by atoms with Crippen molar-refractivity contribution in [3.05, 3.63) is 10.6 Å². The molecule has 0 saturated heterocycles. The number of aromatic nitrogens is 3. The maximum Gasteiger partial charge on any atom is 0.195 e. The molecule has 0 amide bonds. The smallest absolute Gasteiger partial charge is 0.195 e. The molecule has 1 N–H and O–H groups in total. The molecule has 1 saturated carbocycles. The van der Waals surface area contributed by atoms with Gasteiger partial charge < -0.3 is 4.57 Å². The first-order chi connectivity index (χ1) is 7.69. The largest absolute Gasteiger partial charge is 0.301 e. The van der Waals surface area contributed by atoms with Crippen molar-refractivity contribution >= 4 is 12.2 Å². The van der Waals surface area contributed by atoms with Gasteiger partial charge in [0.25, 0.3) is 0 Å². The first kappa shape index (κ1) is 11.8. The molecule has 3 nitrogen and oxygen atoms in total. The van der Waals surface area contributed by atoms with Gasteiger partial charge in [0.15, 0.2) is 4.77 Å². The molecule has 1 fully saturated rings.